The summed E-state index contributed by atoms with van der Waals surface area (Å²) in [6.45, 7) is 1.12. The predicted octanol–water partition coefficient (Wildman–Crippen LogP) is 3.07. The Bertz CT molecular complexity index is 821. The van der Waals surface area contributed by atoms with Gasteiger partial charge in [0.25, 0.3) is 0 Å². The molecule has 0 aromatic heterocycles. The van der Waals surface area contributed by atoms with Crippen LogP contribution in [0.4, 0.5) is 0 Å². The highest BCUT2D eigenvalue weighted by Crippen LogP contribution is 2.45. The molecule has 158 valence electrons. The van der Waals surface area contributed by atoms with E-state index >= 15 is 0 Å². The lowest BCUT2D eigenvalue weighted by Gasteiger charge is -2.19. The van der Waals surface area contributed by atoms with Crippen molar-refractivity contribution in [3.8, 4) is 23.0 Å². The van der Waals surface area contributed by atoms with Gasteiger partial charge in [0.05, 0.1) is 20.3 Å². The first-order valence-electron chi connectivity index (χ1n) is 9.96. The molecule has 2 aromatic rings. The maximum atomic E-state index is 10.7. The van der Waals surface area contributed by atoms with Crippen molar-refractivity contribution in [2.24, 2.45) is 0 Å². The van der Waals surface area contributed by atoms with Gasteiger partial charge in [-0.05, 0) is 56.6 Å². The third kappa shape index (κ3) is 5.14. The Kier molecular flexibility index (Phi) is 7.23. The lowest BCUT2D eigenvalue weighted by Crippen LogP contribution is -2.17. The highest BCUT2D eigenvalue weighted by Gasteiger charge is 2.25. The zero-order chi connectivity index (χ0) is 20.8. The summed E-state index contributed by atoms with van der Waals surface area (Å²) in [5, 5.41) is 10.7. The molecule has 29 heavy (non-hydrogen) atoms. The molecule has 6 heteroatoms. The van der Waals surface area contributed by atoms with Gasteiger partial charge in [-0.25, -0.2) is 0 Å². The first-order chi connectivity index (χ1) is 14.0. The minimum atomic E-state index is -0.483. The van der Waals surface area contributed by atoms with E-state index in [0.717, 1.165) is 41.3 Å². The number of benzene rings is 2. The van der Waals surface area contributed by atoms with E-state index in [9.17, 15) is 5.11 Å². The van der Waals surface area contributed by atoms with Gasteiger partial charge in [-0.2, -0.15) is 0 Å². The Morgan fingerprint density at radius 2 is 1.86 bits per heavy atom. The standard InChI is InChI=1S/C23H31NO5/c1-24(2)12-11-16-14-21-23(29-15-28-21)22(27-4)19(16)10-9-18(25)13-17-7-5-6-8-20(17)26-3/h5-8,14,18,25H,9-13,15H2,1-4H3. The Balaban J connectivity index is 1.78. The molecular formula is C23H31NO5. The zero-order valence-corrected chi connectivity index (χ0v) is 17.7. The summed E-state index contributed by atoms with van der Waals surface area (Å²) in [7, 11) is 7.42. The van der Waals surface area contributed by atoms with Crippen molar-refractivity contribution in [1.82, 2.24) is 4.90 Å². The van der Waals surface area contributed by atoms with Gasteiger partial charge in [0.2, 0.25) is 12.5 Å². The van der Waals surface area contributed by atoms with Gasteiger partial charge in [0, 0.05) is 18.5 Å². The van der Waals surface area contributed by atoms with Gasteiger partial charge in [-0.15, -0.1) is 0 Å². The predicted molar refractivity (Wildman–Crippen MR) is 112 cm³/mol. The number of para-hydroxylation sites is 1. The molecule has 6 nitrogen and oxygen atoms in total. The molecular weight excluding hydrogens is 370 g/mol. The maximum Gasteiger partial charge on any atom is 0.231 e. The number of likely N-dealkylation sites (N-methyl/N-ethyl adjacent to an activating group) is 1. The van der Waals surface area contributed by atoms with E-state index < -0.39 is 6.10 Å². The van der Waals surface area contributed by atoms with E-state index in [-0.39, 0.29) is 6.79 Å². The zero-order valence-electron chi connectivity index (χ0n) is 17.7. The second-order valence-corrected chi connectivity index (χ2v) is 7.54. The Hall–Kier alpha value is -2.44. The van der Waals surface area contributed by atoms with Crippen molar-refractivity contribution in [2.75, 3.05) is 41.7 Å². The number of hydrogen-bond donors (Lipinski definition) is 1. The summed E-state index contributed by atoms with van der Waals surface area (Å²) in [5.41, 5.74) is 3.26. The number of fused-ring (bicyclic) bond motifs is 1. The van der Waals surface area contributed by atoms with Crippen molar-refractivity contribution in [1.29, 1.82) is 0 Å². The van der Waals surface area contributed by atoms with Crippen molar-refractivity contribution >= 4 is 0 Å². The lowest BCUT2D eigenvalue weighted by atomic mass is 9.94. The van der Waals surface area contributed by atoms with Crippen LogP contribution in [0.3, 0.4) is 0 Å². The third-order valence-corrected chi connectivity index (χ3v) is 5.22. The molecule has 1 unspecified atom stereocenters. The van der Waals surface area contributed by atoms with E-state index in [1.165, 1.54) is 5.56 Å². The molecule has 0 aliphatic carbocycles. The minimum Gasteiger partial charge on any atom is -0.496 e. The quantitative estimate of drug-likeness (QED) is 0.660. The molecule has 0 saturated carbocycles. The molecule has 1 aliphatic heterocycles. The van der Waals surface area contributed by atoms with Gasteiger partial charge in [0.15, 0.2) is 11.5 Å². The monoisotopic (exact) mass is 401 g/mol. The van der Waals surface area contributed by atoms with Crippen LogP contribution >= 0.6 is 0 Å². The molecule has 0 saturated heterocycles. The average molecular weight is 402 g/mol. The van der Waals surface area contributed by atoms with Crippen LogP contribution in [-0.4, -0.2) is 57.8 Å². The highest BCUT2D eigenvalue weighted by molar-refractivity contribution is 5.60. The van der Waals surface area contributed by atoms with Crippen LogP contribution in [0.1, 0.15) is 23.1 Å². The van der Waals surface area contributed by atoms with Crippen LogP contribution in [-0.2, 0) is 19.3 Å². The first kappa shape index (κ1) is 21.3. The lowest BCUT2D eigenvalue weighted by molar-refractivity contribution is 0.163. The van der Waals surface area contributed by atoms with Crippen molar-refractivity contribution in [3.05, 3.63) is 47.0 Å². The van der Waals surface area contributed by atoms with E-state index in [1.54, 1.807) is 14.2 Å². The highest BCUT2D eigenvalue weighted by atomic mass is 16.7. The van der Waals surface area contributed by atoms with Crippen LogP contribution in [0.25, 0.3) is 0 Å². The molecule has 0 fully saturated rings. The molecule has 0 amide bonds. The van der Waals surface area contributed by atoms with Gasteiger partial charge in [-0.3, -0.25) is 0 Å². The number of hydrogen-bond acceptors (Lipinski definition) is 6. The fourth-order valence-electron chi connectivity index (χ4n) is 3.70. The summed E-state index contributed by atoms with van der Waals surface area (Å²) in [4.78, 5) is 2.15. The number of rotatable bonds is 10. The van der Waals surface area contributed by atoms with Crippen LogP contribution in [0.2, 0.25) is 0 Å². The van der Waals surface area contributed by atoms with E-state index in [2.05, 4.69) is 25.1 Å². The fraction of sp³-hybridized carbons (Fsp3) is 0.478. The van der Waals surface area contributed by atoms with Gasteiger partial charge in [0.1, 0.15) is 5.75 Å². The Labute approximate surface area is 173 Å². The molecule has 1 atom stereocenters. The number of nitrogens with zero attached hydrogens (tertiary/aromatic N) is 1. The normalized spacial score (nSPS) is 13.6. The van der Waals surface area contributed by atoms with Gasteiger partial charge >= 0.3 is 0 Å². The molecule has 0 bridgehead atoms. The summed E-state index contributed by atoms with van der Waals surface area (Å²) in [5.74, 6) is 2.92. The SMILES string of the molecule is COc1ccccc1CC(O)CCc1c(CCN(C)C)cc2c(c1OC)OCO2. The molecule has 1 heterocycles. The Morgan fingerprint density at radius 1 is 1.07 bits per heavy atom. The molecule has 2 aromatic carbocycles. The molecule has 1 aliphatic rings. The van der Waals surface area contributed by atoms with E-state index in [0.29, 0.717) is 25.0 Å². The second-order valence-electron chi connectivity index (χ2n) is 7.54. The Morgan fingerprint density at radius 3 is 2.59 bits per heavy atom. The van der Waals surface area contributed by atoms with Crippen LogP contribution < -0.4 is 18.9 Å². The maximum absolute atomic E-state index is 10.7. The molecule has 3 rings (SSSR count). The third-order valence-electron chi connectivity index (χ3n) is 5.22. The summed E-state index contributed by atoms with van der Waals surface area (Å²) in [6, 6.07) is 9.86. The van der Waals surface area contributed by atoms with Gasteiger partial charge < -0.3 is 29.0 Å². The van der Waals surface area contributed by atoms with Crippen molar-refractivity contribution in [2.45, 2.75) is 31.8 Å². The van der Waals surface area contributed by atoms with Crippen molar-refractivity contribution < 1.29 is 24.1 Å². The molecule has 0 radical (unpaired) electrons. The van der Waals surface area contributed by atoms with Crippen molar-refractivity contribution in [3.63, 3.8) is 0 Å². The fourth-order valence-corrected chi connectivity index (χ4v) is 3.70. The number of methoxy groups -OCH3 is 2. The molecule has 1 N–H and O–H groups in total. The largest absolute Gasteiger partial charge is 0.496 e. The van der Waals surface area contributed by atoms with Crippen LogP contribution in [0, 0.1) is 0 Å². The molecule has 0 spiro atoms. The minimum absolute atomic E-state index is 0.207. The van der Waals surface area contributed by atoms with E-state index in [1.807, 2.05) is 24.3 Å². The van der Waals surface area contributed by atoms with Crippen LogP contribution in [0.15, 0.2) is 30.3 Å². The first-order valence-corrected chi connectivity index (χ1v) is 9.96. The summed E-state index contributed by atoms with van der Waals surface area (Å²) >= 11 is 0. The number of ether oxygens (including phenoxy) is 4. The average Bonchev–Trinajstić information content (AvgIpc) is 3.18. The number of aliphatic hydroxyl groups is 1. The second kappa shape index (κ2) is 9.85. The summed E-state index contributed by atoms with van der Waals surface area (Å²) in [6.07, 6.45) is 2.24. The van der Waals surface area contributed by atoms with Crippen LogP contribution in [0.5, 0.6) is 23.0 Å². The van der Waals surface area contributed by atoms with Gasteiger partial charge in [-0.1, -0.05) is 18.2 Å². The van der Waals surface area contributed by atoms with E-state index in [4.69, 9.17) is 18.9 Å². The smallest absolute Gasteiger partial charge is 0.231 e. The topological polar surface area (TPSA) is 60.4 Å². The summed E-state index contributed by atoms with van der Waals surface area (Å²) < 4.78 is 22.3. The number of aliphatic hydroxyl groups excluding tert-OH is 1.